The molecule has 0 spiro atoms. The monoisotopic (exact) mass is 299 g/mol. The third-order valence-corrected chi connectivity index (χ3v) is 3.43. The molecular formula is C12H14FN3O3S. The van der Waals surface area contributed by atoms with E-state index in [0.717, 1.165) is 0 Å². The summed E-state index contributed by atoms with van der Waals surface area (Å²) in [5, 5.41) is 3.76. The summed E-state index contributed by atoms with van der Waals surface area (Å²) in [4.78, 5) is 4.42. The van der Waals surface area contributed by atoms with E-state index in [1.54, 1.807) is 6.26 Å². The molecular weight excluding hydrogens is 285 g/mol. The van der Waals surface area contributed by atoms with Crippen molar-refractivity contribution in [3.8, 4) is 22.9 Å². The van der Waals surface area contributed by atoms with Crippen molar-refractivity contribution in [3.63, 3.8) is 0 Å². The highest BCUT2D eigenvalue weighted by atomic mass is 32.2. The maximum Gasteiger partial charge on any atom is 0.240 e. The summed E-state index contributed by atoms with van der Waals surface area (Å²) in [6.07, 6.45) is 1.75. The van der Waals surface area contributed by atoms with Gasteiger partial charge in [0.1, 0.15) is 5.82 Å². The number of halogens is 1. The fourth-order valence-corrected chi connectivity index (χ4v) is 2.40. The molecule has 2 N–H and O–H groups in total. The lowest BCUT2D eigenvalue weighted by Gasteiger charge is -2.14. The molecule has 108 valence electrons. The van der Waals surface area contributed by atoms with Gasteiger partial charge in [0.25, 0.3) is 0 Å². The maximum absolute atomic E-state index is 14.1. The molecule has 2 rings (SSSR count). The van der Waals surface area contributed by atoms with E-state index in [2.05, 4.69) is 10.1 Å². The Kier molecular flexibility index (Phi) is 4.46. The van der Waals surface area contributed by atoms with Gasteiger partial charge in [-0.1, -0.05) is 5.16 Å². The van der Waals surface area contributed by atoms with Crippen LogP contribution in [0.4, 0.5) is 4.39 Å². The molecule has 1 heterocycles. The van der Waals surface area contributed by atoms with Crippen LogP contribution in [0.25, 0.3) is 11.4 Å². The van der Waals surface area contributed by atoms with Gasteiger partial charge < -0.3 is 19.7 Å². The van der Waals surface area contributed by atoms with E-state index in [1.165, 1.54) is 32.0 Å². The molecule has 6 nitrogen and oxygen atoms in total. The van der Waals surface area contributed by atoms with Crippen molar-refractivity contribution in [2.75, 3.05) is 20.5 Å². The van der Waals surface area contributed by atoms with Crippen molar-refractivity contribution in [2.24, 2.45) is 5.73 Å². The fraction of sp³-hybridized carbons (Fsp3) is 0.333. The van der Waals surface area contributed by atoms with E-state index in [4.69, 9.17) is 19.7 Å². The van der Waals surface area contributed by atoms with Crippen LogP contribution in [0.15, 0.2) is 15.5 Å². The van der Waals surface area contributed by atoms with Crippen molar-refractivity contribution in [1.82, 2.24) is 10.1 Å². The molecule has 2 aromatic rings. The molecule has 8 heteroatoms. The van der Waals surface area contributed by atoms with Gasteiger partial charge in [-0.3, -0.25) is 0 Å². The molecule has 0 saturated heterocycles. The van der Waals surface area contributed by atoms with Crippen molar-refractivity contribution in [3.05, 3.63) is 17.8 Å². The highest BCUT2D eigenvalue weighted by Gasteiger charge is 2.23. The Morgan fingerprint density at radius 2 is 2.05 bits per heavy atom. The highest BCUT2D eigenvalue weighted by Crippen LogP contribution is 2.44. The SMILES string of the molecule is COc1c(-c2noc(CN)n2)cc(F)c(SC)c1OC. The third-order valence-electron chi connectivity index (χ3n) is 2.64. The molecule has 0 aliphatic heterocycles. The Morgan fingerprint density at radius 1 is 1.35 bits per heavy atom. The lowest BCUT2D eigenvalue weighted by Crippen LogP contribution is -1.99. The van der Waals surface area contributed by atoms with Crippen LogP contribution in [0, 0.1) is 5.82 Å². The molecule has 0 fully saturated rings. The number of nitrogens with two attached hydrogens (primary N) is 1. The summed E-state index contributed by atoms with van der Waals surface area (Å²) in [5.74, 6) is 0.670. The zero-order chi connectivity index (χ0) is 14.7. The van der Waals surface area contributed by atoms with Gasteiger partial charge in [-0.05, 0) is 12.3 Å². The van der Waals surface area contributed by atoms with Crippen LogP contribution in [0.2, 0.25) is 0 Å². The van der Waals surface area contributed by atoms with Crippen LogP contribution >= 0.6 is 11.8 Å². The number of thioether (sulfide) groups is 1. The fourth-order valence-electron chi connectivity index (χ4n) is 1.78. The van der Waals surface area contributed by atoms with Crippen LogP contribution in [-0.4, -0.2) is 30.6 Å². The molecule has 1 aromatic carbocycles. The average molecular weight is 299 g/mol. The van der Waals surface area contributed by atoms with E-state index < -0.39 is 5.82 Å². The number of rotatable bonds is 5. The number of nitrogens with zero attached hydrogens (tertiary/aromatic N) is 2. The molecule has 0 atom stereocenters. The van der Waals surface area contributed by atoms with E-state index in [1.807, 2.05) is 0 Å². The van der Waals surface area contributed by atoms with E-state index in [9.17, 15) is 4.39 Å². The van der Waals surface area contributed by atoms with Crippen molar-refractivity contribution < 1.29 is 18.4 Å². The standard InChI is InChI=1S/C12H14FN3O3S/c1-17-9-6(12-15-8(5-14)19-16-12)4-7(13)11(20-3)10(9)18-2/h4H,5,14H2,1-3H3. The normalized spacial score (nSPS) is 10.7. The Balaban J connectivity index is 2.66. The number of aromatic nitrogens is 2. The number of benzene rings is 1. The van der Waals surface area contributed by atoms with Gasteiger partial charge in [-0.2, -0.15) is 4.98 Å². The Morgan fingerprint density at radius 3 is 2.55 bits per heavy atom. The predicted molar refractivity (Wildman–Crippen MR) is 72.5 cm³/mol. The zero-order valence-corrected chi connectivity index (χ0v) is 12.1. The molecule has 0 aliphatic rings. The molecule has 0 unspecified atom stereocenters. The Hall–Kier alpha value is -1.80. The third kappa shape index (κ3) is 2.44. The van der Waals surface area contributed by atoms with Gasteiger partial charge in [0.05, 0.1) is 31.2 Å². The smallest absolute Gasteiger partial charge is 0.240 e. The number of hydrogen-bond acceptors (Lipinski definition) is 7. The summed E-state index contributed by atoms with van der Waals surface area (Å²) < 4.78 is 29.6. The largest absolute Gasteiger partial charge is 0.492 e. The van der Waals surface area contributed by atoms with Crippen LogP contribution < -0.4 is 15.2 Å². The average Bonchev–Trinajstić information content (AvgIpc) is 2.94. The van der Waals surface area contributed by atoms with Crippen molar-refractivity contribution in [2.45, 2.75) is 11.4 Å². The van der Waals surface area contributed by atoms with Crippen molar-refractivity contribution in [1.29, 1.82) is 0 Å². The maximum atomic E-state index is 14.1. The summed E-state index contributed by atoms with van der Waals surface area (Å²) in [5.41, 5.74) is 5.76. The lowest BCUT2D eigenvalue weighted by atomic mass is 10.1. The van der Waals surface area contributed by atoms with E-state index >= 15 is 0 Å². The second-order valence-corrected chi connectivity index (χ2v) is 4.54. The van der Waals surface area contributed by atoms with Gasteiger partial charge in [-0.15, -0.1) is 11.8 Å². The van der Waals surface area contributed by atoms with Gasteiger partial charge in [0.2, 0.25) is 11.7 Å². The zero-order valence-electron chi connectivity index (χ0n) is 11.3. The number of hydrogen-bond donors (Lipinski definition) is 1. The van der Waals surface area contributed by atoms with Gasteiger partial charge in [0.15, 0.2) is 11.5 Å². The summed E-state index contributed by atoms with van der Waals surface area (Å²) in [6, 6.07) is 1.29. The summed E-state index contributed by atoms with van der Waals surface area (Å²) >= 11 is 1.23. The molecule has 0 saturated carbocycles. The minimum Gasteiger partial charge on any atom is -0.492 e. The van der Waals surface area contributed by atoms with E-state index in [-0.39, 0.29) is 18.3 Å². The molecule has 20 heavy (non-hydrogen) atoms. The van der Waals surface area contributed by atoms with Gasteiger partial charge in [0, 0.05) is 0 Å². The second-order valence-electron chi connectivity index (χ2n) is 3.72. The molecule has 0 bridgehead atoms. The van der Waals surface area contributed by atoms with Crippen LogP contribution in [0.3, 0.4) is 0 Å². The van der Waals surface area contributed by atoms with Gasteiger partial charge in [-0.25, -0.2) is 4.39 Å². The lowest BCUT2D eigenvalue weighted by molar-refractivity contribution is 0.343. The van der Waals surface area contributed by atoms with Gasteiger partial charge >= 0.3 is 0 Å². The summed E-state index contributed by atoms with van der Waals surface area (Å²) in [6.45, 7) is 0.109. The predicted octanol–water partition coefficient (Wildman–Crippen LogP) is 2.07. The van der Waals surface area contributed by atoms with Crippen LogP contribution in [0.1, 0.15) is 5.89 Å². The summed E-state index contributed by atoms with van der Waals surface area (Å²) in [7, 11) is 2.91. The minimum absolute atomic E-state index is 0.109. The quantitative estimate of drug-likeness (QED) is 0.846. The first-order valence-corrected chi connectivity index (χ1v) is 6.90. The topological polar surface area (TPSA) is 83.4 Å². The highest BCUT2D eigenvalue weighted by molar-refractivity contribution is 7.98. The Bertz CT molecular complexity index is 618. The first-order valence-electron chi connectivity index (χ1n) is 5.67. The molecule has 1 aromatic heterocycles. The molecule has 0 radical (unpaired) electrons. The minimum atomic E-state index is -0.441. The first kappa shape index (κ1) is 14.6. The number of ether oxygens (including phenoxy) is 2. The Labute approximate surface area is 119 Å². The molecule has 0 aliphatic carbocycles. The van der Waals surface area contributed by atoms with Crippen molar-refractivity contribution >= 4 is 11.8 Å². The molecule has 0 amide bonds. The van der Waals surface area contributed by atoms with Crippen LogP contribution in [-0.2, 0) is 6.54 Å². The second kappa shape index (κ2) is 6.10. The number of methoxy groups -OCH3 is 2. The van der Waals surface area contributed by atoms with E-state index in [0.29, 0.717) is 22.0 Å². The van der Waals surface area contributed by atoms with Crippen LogP contribution in [0.5, 0.6) is 11.5 Å². The first-order chi connectivity index (χ1) is 9.65.